The number of nitrogens with zero attached hydrogens (tertiary/aromatic N) is 3. The van der Waals surface area contributed by atoms with Gasteiger partial charge < -0.3 is 0 Å². The molecule has 1 fully saturated rings. The van der Waals surface area contributed by atoms with Crippen LogP contribution in [0, 0.1) is 0 Å². The highest BCUT2D eigenvalue weighted by molar-refractivity contribution is 7.89. The van der Waals surface area contributed by atoms with E-state index in [2.05, 4.69) is 5.10 Å². The number of hydrogen-bond acceptors (Lipinski definition) is 3. The van der Waals surface area contributed by atoms with Crippen molar-refractivity contribution in [3.05, 3.63) is 12.4 Å². The molecule has 0 aromatic carbocycles. The van der Waals surface area contributed by atoms with Crippen LogP contribution >= 0.6 is 11.6 Å². The summed E-state index contributed by atoms with van der Waals surface area (Å²) in [5, 5.41) is 4.12. The third kappa shape index (κ3) is 4.20. The van der Waals surface area contributed by atoms with Crippen molar-refractivity contribution in [1.82, 2.24) is 14.1 Å². The van der Waals surface area contributed by atoms with Crippen molar-refractivity contribution in [3.63, 3.8) is 0 Å². The molecule has 0 bridgehead atoms. The van der Waals surface area contributed by atoms with Gasteiger partial charge in [0.05, 0.1) is 6.20 Å². The van der Waals surface area contributed by atoms with E-state index in [0.717, 1.165) is 32.1 Å². The van der Waals surface area contributed by atoms with Crippen molar-refractivity contribution in [2.75, 3.05) is 12.9 Å². The minimum atomic E-state index is -3.44. The molecule has 0 N–H and O–H groups in total. The molecule has 0 radical (unpaired) electrons. The fraction of sp³-hybridized carbons (Fsp3) is 0.786. The van der Waals surface area contributed by atoms with Gasteiger partial charge in [0.25, 0.3) is 0 Å². The van der Waals surface area contributed by atoms with Gasteiger partial charge in [0, 0.05) is 31.7 Å². The summed E-state index contributed by atoms with van der Waals surface area (Å²) in [7, 11) is -1.75. The quantitative estimate of drug-likeness (QED) is 0.594. The third-order valence-corrected chi connectivity index (χ3v) is 6.28. The first-order chi connectivity index (χ1) is 10.1. The number of rotatable bonds is 6. The van der Waals surface area contributed by atoms with Crippen molar-refractivity contribution < 1.29 is 8.42 Å². The maximum absolute atomic E-state index is 12.7. The zero-order valence-corrected chi connectivity index (χ0v) is 14.1. The average molecular weight is 334 g/mol. The van der Waals surface area contributed by atoms with Crippen LogP contribution in [0.3, 0.4) is 0 Å². The average Bonchev–Trinajstić information content (AvgIpc) is 2.79. The van der Waals surface area contributed by atoms with Gasteiger partial charge in [0.1, 0.15) is 4.90 Å². The fourth-order valence-electron chi connectivity index (χ4n) is 2.81. The highest BCUT2D eigenvalue weighted by Crippen LogP contribution is 2.25. The van der Waals surface area contributed by atoms with Crippen molar-refractivity contribution >= 4 is 21.6 Å². The molecule has 0 aliphatic heterocycles. The second-order valence-electron chi connectivity index (χ2n) is 5.65. The molecule has 1 aromatic heterocycles. The van der Waals surface area contributed by atoms with E-state index in [0.29, 0.717) is 12.4 Å². The minimum absolute atomic E-state index is 0.115. The largest absolute Gasteiger partial charge is 0.271 e. The first kappa shape index (κ1) is 16.8. The van der Waals surface area contributed by atoms with Crippen LogP contribution in [-0.2, 0) is 16.6 Å². The van der Waals surface area contributed by atoms with Crippen LogP contribution in [0.1, 0.15) is 44.9 Å². The molecule has 0 saturated heterocycles. The fourth-order valence-corrected chi connectivity index (χ4v) is 4.30. The summed E-state index contributed by atoms with van der Waals surface area (Å²) in [5.41, 5.74) is 0. The van der Waals surface area contributed by atoms with E-state index in [1.165, 1.54) is 19.0 Å². The van der Waals surface area contributed by atoms with Crippen molar-refractivity contribution in [2.45, 2.75) is 62.4 Å². The Morgan fingerprint density at radius 2 is 2.00 bits per heavy atom. The van der Waals surface area contributed by atoms with Crippen LogP contribution in [0.15, 0.2) is 17.3 Å². The molecule has 21 heavy (non-hydrogen) atoms. The van der Waals surface area contributed by atoms with Crippen LogP contribution in [0.2, 0.25) is 0 Å². The standard InChI is InChI=1S/C14H24ClN3O2S/c1-17(13-7-4-2-3-5-8-13)21(19,20)14-11-16-18(12-14)10-6-9-15/h11-13H,2-10H2,1H3. The Bertz CT molecular complexity index is 536. The molecule has 1 aliphatic carbocycles. The second-order valence-corrected chi connectivity index (χ2v) is 8.02. The first-order valence-corrected chi connectivity index (χ1v) is 9.59. The van der Waals surface area contributed by atoms with Crippen LogP contribution in [0.25, 0.3) is 0 Å². The smallest absolute Gasteiger partial charge is 0.246 e. The Hall–Kier alpha value is -0.590. The second kappa shape index (κ2) is 7.61. The molecule has 0 spiro atoms. The molecule has 1 heterocycles. The van der Waals surface area contributed by atoms with Crippen LogP contribution in [0.4, 0.5) is 0 Å². The van der Waals surface area contributed by atoms with Gasteiger partial charge in [-0.05, 0) is 19.3 Å². The Morgan fingerprint density at radius 3 is 2.62 bits per heavy atom. The first-order valence-electron chi connectivity index (χ1n) is 7.62. The number of hydrogen-bond donors (Lipinski definition) is 0. The summed E-state index contributed by atoms with van der Waals surface area (Å²) >= 11 is 5.65. The summed E-state index contributed by atoms with van der Waals surface area (Å²) in [6.07, 6.45) is 10.4. The van der Waals surface area contributed by atoms with Gasteiger partial charge in [0.2, 0.25) is 10.0 Å². The molecule has 1 saturated carbocycles. The van der Waals surface area contributed by atoms with Crippen molar-refractivity contribution in [3.8, 4) is 0 Å². The Morgan fingerprint density at radius 1 is 1.33 bits per heavy atom. The molecule has 1 aliphatic rings. The van der Waals surface area contributed by atoms with Gasteiger partial charge in [-0.3, -0.25) is 4.68 Å². The highest BCUT2D eigenvalue weighted by Gasteiger charge is 2.29. The maximum Gasteiger partial charge on any atom is 0.246 e. The number of halogens is 1. The van der Waals surface area contributed by atoms with E-state index >= 15 is 0 Å². The SMILES string of the molecule is CN(C1CCCCCC1)S(=O)(=O)c1cnn(CCCCl)c1. The minimum Gasteiger partial charge on any atom is -0.271 e. The molecule has 5 nitrogen and oxygen atoms in total. The van der Waals surface area contributed by atoms with Gasteiger partial charge in [-0.1, -0.05) is 25.7 Å². The monoisotopic (exact) mass is 333 g/mol. The summed E-state index contributed by atoms with van der Waals surface area (Å²) < 4.78 is 28.5. The molecule has 0 unspecified atom stereocenters. The molecular formula is C14H24ClN3O2S. The normalized spacial score (nSPS) is 18.0. The molecule has 1 aromatic rings. The van der Waals surface area contributed by atoms with Crippen molar-refractivity contribution in [2.24, 2.45) is 0 Å². The summed E-state index contributed by atoms with van der Waals surface area (Å²) in [5.74, 6) is 0.546. The molecule has 0 amide bonds. The van der Waals surface area contributed by atoms with E-state index in [9.17, 15) is 8.42 Å². The zero-order chi connectivity index (χ0) is 15.3. The number of alkyl halides is 1. The van der Waals surface area contributed by atoms with E-state index < -0.39 is 10.0 Å². The van der Waals surface area contributed by atoms with Crippen LogP contribution in [-0.4, -0.2) is 41.5 Å². The van der Waals surface area contributed by atoms with Crippen LogP contribution < -0.4 is 0 Å². The topological polar surface area (TPSA) is 55.2 Å². The number of sulfonamides is 1. The van der Waals surface area contributed by atoms with E-state index in [-0.39, 0.29) is 10.9 Å². The van der Waals surface area contributed by atoms with Gasteiger partial charge >= 0.3 is 0 Å². The lowest BCUT2D eigenvalue weighted by atomic mass is 10.1. The van der Waals surface area contributed by atoms with Gasteiger partial charge in [-0.2, -0.15) is 9.40 Å². The number of aryl methyl sites for hydroxylation is 1. The Labute approximate surface area is 132 Å². The lowest BCUT2D eigenvalue weighted by Crippen LogP contribution is -2.36. The van der Waals surface area contributed by atoms with Gasteiger partial charge in [-0.25, -0.2) is 8.42 Å². The zero-order valence-electron chi connectivity index (χ0n) is 12.5. The summed E-state index contributed by atoms with van der Waals surface area (Å²) in [6.45, 7) is 0.645. The lowest BCUT2D eigenvalue weighted by Gasteiger charge is -2.25. The van der Waals surface area contributed by atoms with Gasteiger partial charge in [0.15, 0.2) is 0 Å². The van der Waals surface area contributed by atoms with Crippen LogP contribution in [0.5, 0.6) is 0 Å². The summed E-state index contributed by atoms with van der Waals surface area (Å²) in [4.78, 5) is 0.281. The van der Waals surface area contributed by atoms with Crippen molar-refractivity contribution in [1.29, 1.82) is 0 Å². The van der Waals surface area contributed by atoms with E-state index in [1.807, 2.05) is 0 Å². The van der Waals surface area contributed by atoms with Gasteiger partial charge in [-0.15, -0.1) is 11.6 Å². The molecule has 2 rings (SSSR count). The number of aromatic nitrogens is 2. The molecule has 7 heteroatoms. The highest BCUT2D eigenvalue weighted by atomic mass is 35.5. The molecule has 120 valence electrons. The molecular weight excluding hydrogens is 310 g/mol. The summed E-state index contributed by atoms with van der Waals surface area (Å²) in [6, 6.07) is 0.115. The predicted molar refractivity (Wildman–Crippen MR) is 84.0 cm³/mol. The van der Waals surface area contributed by atoms with E-state index in [4.69, 9.17) is 11.6 Å². The Kier molecular flexibility index (Phi) is 6.08. The lowest BCUT2D eigenvalue weighted by molar-refractivity contribution is 0.335. The Balaban J connectivity index is 2.10. The van der Waals surface area contributed by atoms with E-state index in [1.54, 1.807) is 22.2 Å². The predicted octanol–water partition coefficient (Wildman–Crippen LogP) is 2.86. The molecule has 0 atom stereocenters. The third-order valence-electron chi connectivity index (χ3n) is 4.15. The maximum atomic E-state index is 12.7.